The Morgan fingerprint density at radius 3 is 3.44 bits per heavy atom. The van der Waals surface area contributed by atoms with Gasteiger partial charge in [-0.15, -0.1) is 0 Å². The van der Waals surface area contributed by atoms with Crippen LogP contribution in [0.2, 0.25) is 0 Å². The second-order valence-electron chi connectivity index (χ2n) is 1.81. The fourth-order valence-corrected chi connectivity index (χ4v) is 0.778. The molecule has 1 aliphatic heterocycles. The topological polar surface area (TPSA) is 39.0 Å². The van der Waals surface area contributed by atoms with E-state index in [1.165, 1.54) is 0 Å². The summed E-state index contributed by atoms with van der Waals surface area (Å²) in [5.41, 5.74) is 3.81. The Morgan fingerprint density at radius 1 is 1.56 bits per heavy atom. The van der Waals surface area contributed by atoms with E-state index in [2.05, 4.69) is 15.5 Å². The van der Waals surface area contributed by atoms with E-state index < -0.39 is 0 Å². The molecular weight excluding hydrogens is 114 g/mol. The largest absolute Gasteiger partial charge is 0.286 e. The third-order valence-corrected chi connectivity index (χ3v) is 1.21. The summed E-state index contributed by atoms with van der Waals surface area (Å²) in [6.45, 7) is 0. The molecule has 0 atom stereocenters. The van der Waals surface area contributed by atoms with Gasteiger partial charge < -0.3 is 0 Å². The Morgan fingerprint density at radius 2 is 2.56 bits per heavy atom. The number of hydrogen-bond donors (Lipinski definition) is 1. The fourth-order valence-electron chi connectivity index (χ4n) is 0.778. The number of aromatic nitrogens is 1. The van der Waals surface area contributed by atoms with Crippen molar-refractivity contribution in [3.63, 3.8) is 0 Å². The van der Waals surface area contributed by atoms with Crippen LogP contribution in [0.4, 0.5) is 5.82 Å². The first kappa shape index (κ1) is 4.49. The van der Waals surface area contributed by atoms with E-state index in [1.54, 1.807) is 12.4 Å². The maximum absolute atomic E-state index is 4.02. The number of fused-ring (bicyclic) bond motifs is 1. The van der Waals surface area contributed by atoms with Crippen molar-refractivity contribution in [2.75, 3.05) is 5.43 Å². The lowest BCUT2D eigenvalue weighted by atomic mass is 10.3. The molecule has 0 aromatic carbocycles. The summed E-state index contributed by atoms with van der Waals surface area (Å²) in [4.78, 5) is 4.02. The monoisotopic (exact) mass is 119 g/mol. The number of hydrogen-bond acceptors (Lipinski definition) is 3. The summed E-state index contributed by atoms with van der Waals surface area (Å²) in [6, 6.07) is 3.85. The number of nitrogens with zero attached hydrogens (tertiary/aromatic N) is 2. The summed E-state index contributed by atoms with van der Waals surface area (Å²) in [7, 11) is 0. The Labute approximate surface area is 52.4 Å². The van der Waals surface area contributed by atoms with Crippen molar-refractivity contribution in [3.8, 4) is 0 Å². The van der Waals surface area contributed by atoms with E-state index in [-0.39, 0.29) is 0 Å². The predicted molar refractivity (Wildman–Crippen MR) is 35.2 cm³/mol. The highest BCUT2D eigenvalue weighted by molar-refractivity contribution is 5.88. The highest BCUT2D eigenvalue weighted by Gasteiger charge is 2.13. The Kier molecular flexibility index (Phi) is 0.773. The van der Waals surface area contributed by atoms with Crippen LogP contribution in [0.1, 0.15) is 5.56 Å². The average Bonchev–Trinajstić information content (AvgIpc) is 2.33. The fraction of sp³-hybridized carbons (Fsp3) is 0. The molecule has 43 valence electrons. The molecule has 0 unspecified atom stereocenters. The van der Waals surface area contributed by atoms with Gasteiger partial charge in [0.2, 0.25) is 5.82 Å². The van der Waals surface area contributed by atoms with Crippen LogP contribution in [0.3, 0.4) is 0 Å². The zero-order valence-corrected chi connectivity index (χ0v) is 4.70. The van der Waals surface area contributed by atoms with Crippen LogP contribution in [0.15, 0.2) is 18.3 Å². The van der Waals surface area contributed by atoms with Crippen LogP contribution in [-0.4, -0.2) is 11.2 Å². The van der Waals surface area contributed by atoms with Crippen LogP contribution < -0.4 is 10.5 Å². The first-order chi connectivity index (χ1) is 4.47. The maximum Gasteiger partial charge on any atom is 0.286 e. The summed E-state index contributed by atoms with van der Waals surface area (Å²) in [5, 5.41) is 3.81. The molecule has 0 bridgehead atoms. The highest BCUT2D eigenvalue weighted by atomic mass is 15.3. The Balaban J connectivity index is 2.63. The molecule has 0 spiro atoms. The molecule has 0 saturated heterocycles. The molecule has 0 aliphatic carbocycles. The van der Waals surface area contributed by atoms with Gasteiger partial charge in [0.05, 0.1) is 5.56 Å². The molecule has 0 saturated carbocycles. The van der Waals surface area contributed by atoms with Crippen molar-refractivity contribution in [3.05, 3.63) is 23.9 Å². The third-order valence-electron chi connectivity index (χ3n) is 1.21. The molecule has 0 amide bonds. The van der Waals surface area contributed by atoms with Gasteiger partial charge in [0.25, 0.3) is 6.21 Å². The van der Waals surface area contributed by atoms with Gasteiger partial charge in [-0.05, 0) is 12.1 Å². The van der Waals surface area contributed by atoms with Gasteiger partial charge in [0, 0.05) is 6.20 Å². The number of pyridine rings is 1. The molecule has 2 heterocycles. The van der Waals surface area contributed by atoms with Crippen molar-refractivity contribution in [1.82, 2.24) is 10.1 Å². The minimum atomic E-state index is 0.845. The summed E-state index contributed by atoms with van der Waals surface area (Å²) >= 11 is 0. The lowest BCUT2D eigenvalue weighted by Gasteiger charge is -1.85. The lowest BCUT2D eigenvalue weighted by molar-refractivity contribution is 1.19. The Bertz CT molecular complexity index is 254. The van der Waals surface area contributed by atoms with E-state index in [4.69, 9.17) is 0 Å². The van der Waals surface area contributed by atoms with E-state index in [9.17, 15) is 0 Å². The van der Waals surface area contributed by atoms with Gasteiger partial charge in [-0.3, -0.25) is 0 Å². The quantitative estimate of drug-likeness (QED) is 0.529. The number of nitrogens with one attached hydrogen (secondary N) is 1. The second kappa shape index (κ2) is 1.55. The summed E-state index contributed by atoms with van der Waals surface area (Å²) in [6.07, 6.45) is 3.49. The SMILES string of the molecule is C1=[N+]Nc2ncccc21. The van der Waals surface area contributed by atoms with Gasteiger partial charge in [0.1, 0.15) is 0 Å². The van der Waals surface area contributed by atoms with Crippen LogP contribution >= 0.6 is 0 Å². The van der Waals surface area contributed by atoms with Gasteiger partial charge >= 0.3 is 0 Å². The molecule has 1 aliphatic rings. The van der Waals surface area contributed by atoms with Crippen LogP contribution in [0, 0.1) is 0 Å². The number of anilines is 1. The zero-order chi connectivity index (χ0) is 6.10. The Hall–Kier alpha value is -1.38. The van der Waals surface area contributed by atoms with Gasteiger partial charge in [-0.1, -0.05) is 5.43 Å². The van der Waals surface area contributed by atoms with Crippen molar-refractivity contribution in [2.45, 2.75) is 0 Å². The first-order valence-electron chi connectivity index (χ1n) is 2.71. The van der Waals surface area contributed by atoms with Crippen LogP contribution in [0.5, 0.6) is 0 Å². The summed E-state index contributed by atoms with van der Waals surface area (Å²) in [5.74, 6) is 0.845. The van der Waals surface area contributed by atoms with Crippen molar-refractivity contribution in [2.24, 2.45) is 0 Å². The predicted octanol–water partition coefficient (Wildman–Crippen LogP) is 0.177. The minimum Gasteiger partial charge on any atom is -0.233 e. The molecule has 1 aromatic rings. The molecule has 0 fully saturated rings. The smallest absolute Gasteiger partial charge is 0.233 e. The van der Waals surface area contributed by atoms with E-state index in [0.717, 1.165) is 11.4 Å². The molecular formula is C6H5N3+. The molecule has 9 heavy (non-hydrogen) atoms. The third kappa shape index (κ3) is 0.579. The van der Waals surface area contributed by atoms with Crippen LogP contribution in [0.25, 0.3) is 0 Å². The van der Waals surface area contributed by atoms with Crippen LogP contribution in [-0.2, 0) is 0 Å². The standard InChI is InChI=1S/C6H5N3/c1-2-5-4-8-9-6(5)7-3-1/h1-4H,(H,7,9)/q+1. The average molecular weight is 119 g/mol. The second-order valence-corrected chi connectivity index (χ2v) is 1.81. The van der Waals surface area contributed by atoms with Crippen molar-refractivity contribution < 1.29 is 0 Å². The number of rotatable bonds is 0. The molecule has 1 radical (unpaired) electrons. The van der Waals surface area contributed by atoms with Gasteiger partial charge in [-0.25, -0.2) is 4.98 Å². The summed E-state index contributed by atoms with van der Waals surface area (Å²) < 4.78 is 0. The first-order valence-corrected chi connectivity index (χ1v) is 2.71. The number of hydrazone groups is 1. The maximum atomic E-state index is 4.02. The van der Waals surface area contributed by atoms with E-state index in [1.807, 2.05) is 12.1 Å². The van der Waals surface area contributed by atoms with E-state index >= 15 is 0 Å². The molecule has 2 rings (SSSR count). The highest BCUT2D eigenvalue weighted by Crippen LogP contribution is 2.08. The minimum absolute atomic E-state index is 0.845. The normalized spacial score (nSPS) is 12.9. The van der Waals surface area contributed by atoms with Crippen molar-refractivity contribution in [1.29, 1.82) is 0 Å². The van der Waals surface area contributed by atoms with Crippen molar-refractivity contribution >= 4 is 12.0 Å². The lowest BCUT2D eigenvalue weighted by Crippen LogP contribution is -1.94. The van der Waals surface area contributed by atoms with Gasteiger partial charge in [-0.2, -0.15) is 0 Å². The zero-order valence-electron chi connectivity index (χ0n) is 4.70. The molecule has 1 aromatic heterocycles. The van der Waals surface area contributed by atoms with E-state index in [0.29, 0.717) is 0 Å². The van der Waals surface area contributed by atoms with Gasteiger partial charge in [0.15, 0.2) is 5.10 Å². The molecule has 1 N–H and O–H groups in total. The molecule has 3 nitrogen and oxygen atoms in total. The molecule has 3 heteroatoms.